The topological polar surface area (TPSA) is 52.0 Å². The number of piperidine rings is 1. The summed E-state index contributed by atoms with van der Waals surface area (Å²) in [6.07, 6.45) is 8.10. The first-order valence-electron chi connectivity index (χ1n) is 8.70. The summed E-state index contributed by atoms with van der Waals surface area (Å²) < 4.78 is 7.76. The lowest BCUT2D eigenvalue weighted by Crippen LogP contribution is -2.41. The third-order valence-electron chi connectivity index (χ3n) is 5.46. The Morgan fingerprint density at radius 1 is 1.38 bits per heavy atom. The second-order valence-corrected chi connectivity index (χ2v) is 7.47. The van der Waals surface area contributed by atoms with Crippen LogP contribution in [0.4, 0.5) is 0 Å². The molecule has 1 aromatic heterocycles. The van der Waals surface area contributed by atoms with E-state index in [0.29, 0.717) is 11.3 Å². The number of aromatic nitrogens is 3. The number of rotatable bonds is 6. The predicted octanol–water partition coefficient (Wildman–Crippen LogP) is 3.03. The van der Waals surface area contributed by atoms with Crippen molar-refractivity contribution in [3.63, 3.8) is 0 Å². The third-order valence-corrected chi connectivity index (χ3v) is 5.91. The van der Waals surface area contributed by atoms with Crippen molar-refractivity contribution in [2.24, 2.45) is 11.3 Å². The Bertz CT molecular complexity index is 671. The minimum absolute atomic E-state index is 0.261. The minimum Gasteiger partial charge on any atom is -0.493 e. The van der Waals surface area contributed by atoms with Gasteiger partial charge in [0.1, 0.15) is 18.4 Å². The van der Waals surface area contributed by atoms with Gasteiger partial charge in [-0.15, -0.1) is 11.6 Å². The molecule has 0 radical (unpaired) electrons. The molecule has 2 aliphatic rings. The maximum absolute atomic E-state index is 6.56. The van der Waals surface area contributed by atoms with Crippen LogP contribution in [0.25, 0.3) is 5.69 Å². The molecule has 6 heteroatoms. The molecule has 2 heterocycles. The highest BCUT2D eigenvalue weighted by molar-refractivity contribution is 6.21. The fourth-order valence-electron chi connectivity index (χ4n) is 3.91. The highest BCUT2D eigenvalue weighted by Gasteiger charge is 2.51. The maximum atomic E-state index is 6.56. The van der Waals surface area contributed by atoms with Crippen LogP contribution in [-0.2, 0) is 0 Å². The average molecular weight is 347 g/mol. The van der Waals surface area contributed by atoms with Crippen molar-refractivity contribution in [2.45, 2.75) is 31.1 Å². The summed E-state index contributed by atoms with van der Waals surface area (Å²) in [5.41, 5.74) is 1.38. The van der Waals surface area contributed by atoms with E-state index in [1.54, 1.807) is 11.0 Å². The van der Waals surface area contributed by atoms with E-state index >= 15 is 0 Å². The van der Waals surface area contributed by atoms with Gasteiger partial charge >= 0.3 is 0 Å². The number of hydrogen-bond acceptors (Lipinski definition) is 4. The van der Waals surface area contributed by atoms with Crippen LogP contribution < -0.4 is 10.1 Å². The Balaban J connectivity index is 1.35. The van der Waals surface area contributed by atoms with Crippen LogP contribution in [0.1, 0.15) is 25.7 Å². The summed E-state index contributed by atoms with van der Waals surface area (Å²) in [5, 5.41) is 7.81. The Kier molecular flexibility index (Phi) is 4.46. The lowest BCUT2D eigenvalue weighted by molar-refractivity contribution is 0.188. The third kappa shape index (κ3) is 3.28. The van der Waals surface area contributed by atoms with Gasteiger partial charge in [0, 0.05) is 18.0 Å². The molecule has 2 atom stereocenters. The van der Waals surface area contributed by atoms with Crippen molar-refractivity contribution in [1.29, 1.82) is 0 Å². The predicted molar refractivity (Wildman–Crippen MR) is 93.8 cm³/mol. The first-order chi connectivity index (χ1) is 11.8. The van der Waals surface area contributed by atoms with Gasteiger partial charge in [-0.3, -0.25) is 0 Å². The van der Waals surface area contributed by atoms with Gasteiger partial charge in [-0.05, 0) is 55.7 Å². The minimum atomic E-state index is 0.261. The zero-order valence-corrected chi connectivity index (χ0v) is 14.5. The van der Waals surface area contributed by atoms with Crippen molar-refractivity contribution >= 4 is 11.6 Å². The Morgan fingerprint density at radius 3 is 3.04 bits per heavy atom. The molecule has 4 rings (SSSR count). The van der Waals surface area contributed by atoms with Crippen LogP contribution in [-0.4, -0.2) is 39.8 Å². The highest BCUT2D eigenvalue weighted by atomic mass is 35.5. The summed E-state index contributed by atoms with van der Waals surface area (Å²) in [5.74, 6) is 1.51. The molecule has 128 valence electrons. The molecule has 0 spiro atoms. The zero-order chi connectivity index (χ0) is 16.4. The second kappa shape index (κ2) is 6.73. The largest absolute Gasteiger partial charge is 0.493 e. The molecule has 1 N–H and O–H groups in total. The molecular formula is C18H23ClN4O. The normalized spacial score (nSPS) is 25.4. The Morgan fingerprint density at radius 2 is 2.29 bits per heavy atom. The first kappa shape index (κ1) is 15.9. The first-order valence-corrected chi connectivity index (χ1v) is 9.13. The van der Waals surface area contributed by atoms with Crippen molar-refractivity contribution in [3.05, 3.63) is 36.9 Å². The van der Waals surface area contributed by atoms with Crippen molar-refractivity contribution in [2.75, 3.05) is 19.7 Å². The number of nitrogens with zero attached hydrogens (tertiary/aromatic N) is 3. The number of ether oxygens (including phenoxy) is 1. The van der Waals surface area contributed by atoms with Crippen LogP contribution in [0.2, 0.25) is 0 Å². The number of hydrogen-bond donors (Lipinski definition) is 1. The van der Waals surface area contributed by atoms with Gasteiger partial charge in [0.25, 0.3) is 0 Å². The number of benzene rings is 1. The van der Waals surface area contributed by atoms with E-state index < -0.39 is 0 Å². The number of halogens is 1. The van der Waals surface area contributed by atoms with E-state index in [4.69, 9.17) is 16.3 Å². The summed E-state index contributed by atoms with van der Waals surface area (Å²) >= 11 is 6.56. The smallest absolute Gasteiger partial charge is 0.138 e. The van der Waals surface area contributed by atoms with E-state index in [1.807, 2.05) is 24.3 Å². The van der Waals surface area contributed by atoms with Crippen LogP contribution >= 0.6 is 11.6 Å². The molecular weight excluding hydrogens is 324 g/mol. The van der Waals surface area contributed by atoms with Gasteiger partial charge < -0.3 is 10.1 Å². The van der Waals surface area contributed by atoms with Gasteiger partial charge in [-0.25, -0.2) is 9.67 Å². The van der Waals surface area contributed by atoms with Crippen molar-refractivity contribution in [1.82, 2.24) is 20.1 Å². The van der Waals surface area contributed by atoms with E-state index in [1.165, 1.54) is 25.6 Å². The molecule has 5 nitrogen and oxygen atoms in total. The van der Waals surface area contributed by atoms with Crippen LogP contribution in [0, 0.1) is 11.3 Å². The maximum Gasteiger partial charge on any atom is 0.138 e. The molecule has 0 amide bonds. The zero-order valence-electron chi connectivity index (χ0n) is 13.7. The van der Waals surface area contributed by atoms with Crippen LogP contribution in [0.15, 0.2) is 36.9 Å². The monoisotopic (exact) mass is 346 g/mol. The molecule has 2 aromatic rings. The fraction of sp³-hybridized carbons (Fsp3) is 0.556. The molecule has 2 unspecified atom stereocenters. The molecule has 1 saturated carbocycles. The van der Waals surface area contributed by atoms with Crippen molar-refractivity contribution < 1.29 is 4.74 Å². The van der Waals surface area contributed by atoms with Gasteiger partial charge in [0.05, 0.1) is 12.3 Å². The molecule has 1 saturated heterocycles. The molecule has 24 heavy (non-hydrogen) atoms. The Hall–Kier alpha value is -1.59. The van der Waals surface area contributed by atoms with E-state index in [-0.39, 0.29) is 5.38 Å². The van der Waals surface area contributed by atoms with Crippen molar-refractivity contribution in [3.8, 4) is 11.4 Å². The lowest BCUT2D eigenvalue weighted by Gasteiger charge is -2.34. The average Bonchev–Trinajstić information content (AvgIpc) is 3.18. The standard InChI is InChI=1S/C18H23ClN4O/c19-17-11-20-8-4-16(17)18(5-6-18)7-9-24-15-3-1-2-14(10-15)23-13-21-12-22-23/h1-3,10,12-13,16-17,20H,4-9,11H2. The molecule has 2 fully saturated rings. The molecule has 1 aliphatic carbocycles. The SMILES string of the molecule is ClC1CNCCC1C1(CCOc2cccc(-n3cncn3)c2)CC1. The molecule has 1 aromatic carbocycles. The lowest BCUT2D eigenvalue weighted by atomic mass is 9.80. The van der Waals surface area contributed by atoms with E-state index in [9.17, 15) is 0 Å². The summed E-state index contributed by atoms with van der Waals surface area (Å²) in [6, 6.07) is 7.98. The fourth-order valence-corrected chi connectivity index (χ4v) is 4.41. The van der Waals surface area contributed by atoms with Crippen LogP contribution in [0.3, 0.4) is 0 Å². The van der Waals surface area contributed by atoms with Gasteiger partial charge in [-0.2, -0.15) is 5.10 Å². The second-order valence-electron chi connectivity index (χ2n) is 6.91. The summed E-state index contributed by atoms with van der Waals surface area (Å²) in [6.45, 7) is 2.78. The van der Waals surface area contributed by atoms with Gasteiger partial charge in [0.2, 0.25) is 0 Å². The van der Waals surface area contributed by atoms with Gasteiger partial charge in [-0.1, -0.05) is 6.07 Å². The number of nitrogens with one attached hydrogen (secondary N) is 1. The number of alkyl halides is 1. The highest BCUT2D eigenvalue weighted by Crippen LogP contribution is 2.58. The Labute approximate surface area is 147 Å². The van der Waals surface area contributed by atoms with Crippen LogP contribution in [0.5, 0.6) is 5.75 Å². The summed E-state index contributed by atoms with van der Waals surface area (Å²) in [4.78, 5) is 3.98. The molecule has 1 aliphatic heterocycles. The quantitative estimate of drug-likeness (QED) is 0.817. The van der Waals surface area contributed by atoms with Gasteiger partial charge in [0.15, 0.2) is 0 Å². The van der Waals surface area contributed by atoms with E-state index in [0.717, 1.165) is 37.6 Å². The molecule has 0 bridgehead atoms. The summed E-state index contributed by atoms with van der Waals surface area (Å²) in [7, 11) is 0. The van der Waals surface area contributed by atoms with E-state index in [2.05, 4.69) is 15.4 Å².